The molecular weight excluding hydrogens is 368 g/mol. The molecule has 7 heteroatoms. The molecule has 142 valence electrons. The van der Waals surface area contributed by atoms with Gasteiger partial charge in [0.2, 0.25) is 5.91 Å². The molecule has 0 atom stereocenters. The van der Waals surface area contributed by atoms with E-state index < -0.39 is 18.5 Å². The molecule has 0 saturated carbocycles. The minimum Gasteiger partial charge on any atom is -0.456 e. The van der Waals surface area contributed by atoms with Crippen molar-refractivity contribution in [3.63, 3.8) is 0 Å². The van der Waals surface area contributed by atoms with Crippen molar-refractivity contribution in [2.24, 2.45) is 0 Å². The summed E-state index contributed by atoms with van der Waals surface area (Å²) in [6.45, 7) is 3.32. The monoisotopic (exact) mass is 388 g/mol. The Balaban J connectivity index is 1.70. The van der Waals surface area contributed by atoms with Crippen LogP contribution in [-0.2, 0) is 19.1 Å². The highest BCUT2D eigenvalue weighted by Gasteiger charge is 2.12. The molecule has 0 unspecified atom stereocenters. The van der Waals surface area contributed by atoms with E-state index in [-0.39, 0.29) is 18.7 Å². The molecule has 2 N–H and O–H groups in total. The number of rotatable bonds is 7. The molecule has 0 aliphatic rings. The Bertz CT molecular complexity index is 852. The van der Waals surface area contributed by atoms with E-state index in [0.29, 0.717) is 16.4 Å². The fourth-order valence-electron chi connectivity index (χ4n) is 2.23. The summed E-state index contributed by atoms with van der Waals surface area (Å²) in [7, 11) is 0. The molecule has 0 bridgehead atoms. The van der Waals surface area contributed by atoms with E-state index in [0.717, 1.165) is 11.1 Å². The molecule has 0 fully saturated rings. The highest BCUT2D eigenvalue weighted by Crippen LogP contribution is 2.20. The molecule has 27 heavy (non-hydrogen) atoms. The third-order valence-electron chi connectivity index (χ3n) is 3.80. The molecule has 0 spiro atoms. The van der Waals surface area contributed by atoms with Crippen molar-refractivity contribution in [2.75, 3.05) is 17.2 Å². The van der Waals surface area contributed by atoms with Crippen LogP contribution in [0.1, 0.15) is 24.0 Å². The normalized spacial score (nSPS) is 10.2. The second-order valence-electron chi connectivity index (χ2n) is 6.04. The number of hydrogen-bond acceptors (Lipinski definition) is 4. The SMILES string of the molecule is Cc1ccc(NC(=O)CCC(=O)OCC(=O)Nc2ccccc2C)cc1Cl. The van der Waals surface area contributed by atoms with Gasteiger partial charge in [-0.25, -0.2) is 0 Å². The van der Waals surface area contributed by atoms with Crippen LogP contribution in [0.4, 0.5) is 11.4 Å². The van der Waals surface area contributed by atoms with Gasteiger partial charge in [-0.3, -0.25) is 14.4 Å². The molecule has 2 aromatic carbocycles. The molecule has 0 aliphatic heterocycles. The predicted octanol–water partition coefficient (Wildman–Crippen LogP) is 3.86. The van der Waals surface area contributed by atoms with Crippen LogP contribution in [0.25, 0.3) is 0 Å². The maximum absolute atomic E-state index is 11.9. The summed E-state index contributed by atoms with van der Waals surface area (Å²) in [5, 5.41) is 5.87. The Hall–Kier alpha value is -2.86. The van der Waals surface area contributed by atoms with E-state index in [1.165, 1.54) is 0 Å². The largest absolute Gasteiger partial charge is 0.456 e. The smallest absolute Gasteiger partial charge is 0.306 e. The van der Waals surface area contributed by atoms with Crippen molar-refractivity contribution in [3.8, 4) is 0 Å². The second-order valence-corrected chi connectivity index (χ2v) is 6.44. The van der Waals surface area contributed by atoms with E-state index in [1.54, 1.807) is 30.3 Å². The van der Waals surface area contributed by atoms with Gasteiger partial charge in [0.1, 0.15) is 0 Å². The van der Waals surface area contributed by atoms with Crippen molar-refractivity contribution in [2.45, 2.75) is 26.7 Å². The molecule has 0 aliphatic carbocycles. The summed E-state index contributed by atoms with van der Waals surface area (Å²) >= 11 is 6.00. The van der Waals surface area contributed by atoms with Crippen LogP contribution in [0.2, 0.25) is 5.02 Å². The Morgan fingerprint density at radius 1 is 0.926 bits per heavy atom. The molecule has 0 radical (unpaired) electrons. The van der Waals surface area contributed by atoms with Crippen LogP contribution in [0.15, 0.2) is 42.5 Å². The van der Waals surface area contributed by atoms with E-state index >= 15 is 0 Å². The maximum atomic E-state index is 11.9. The van der Waals surface area contributed by atoms with Gasteiger partial charge in [-0.1, -0.05) is 35.9 Å². The maximum Gasteiger partial charge on any atom is 0.306 e. The molecule has 2 aromatic rings. The fourth-order valence-corrected chi connectivity index (χ4v) is 2.41. The molecule has 2 amide bonds. The van der Waals surface area contributed by atoms with Gasteiger partial charge in [-0.2, -0.15) is 0 Å². The van der Waals surface area contributed by atoms with Crippen LogP contribution in [0.5, 0.6) is 0 Å². The molecule has 0 heterocycles. The van der Waals surface area contributed by atoms with Crippen LogP contribution in [-0.4, -0.2) is 24.4 Å². The first-order chi connectivity index (χ1) is 12.8. The van der Waals surface area contributed by atoms with Crippen molar-refractivity contribution in [1.82, 2.24) is 0 Å². The number of para-hydroxylation sites is 1. The van der Waals surface area contributed by atoms with Gasteiger partial charge in [-0.15, -0.1) is 0 Å². The third-order valence-corrected chi connectivity index (χ3v) is 4.20. The molecule has 0 saturated heterocycles. The predicted molar refractivity (Wildman–Crippen MR) is 105 cm³/mol. The number of esters is 1. The van der Waals surface area contributed by atoms with Crippen LogP contribution in [0, 0.1) is 13.8 Å². The number of hydrogen-bond donors (Lipinski definition) is 2. The van der Waals surface area contributed by atoms with E-state index in [4.69, 9.17) is 16.3 Å². The summed E-state index contributed by atoms with van der Waals surface area (Å²) in [6, 6.07) is 12.4. The zero-order valence-electron chi connectivity index (χ0n) is 15.2. The summed E-state index contributed by atoms with van der Waals surface area (Å²) in [4.78, 5) is 35.4. The highest BCUT2D eigenvalue weighted by molar-refractivity contribution is 6.31. The zero-order chi connectivity index (χ0) is 19.8. The van der Waals surface area contributed by atoms with Gasteiger partial charge in [0.15, 0.2) is 6.61 Å². The van der Waals surface area contributed by atoms with Crippen molar-refractivity contribution < 1.29 is 19.1 Å². The van der Waals surface area contributed by atoms with E-state index in [2.05, 4.69) is 10.6 Å². The number of aryl methyl sites for hydroxylation is 2. The summed E-state index contributed by atoms with van der Waals surface area (Å²) in [5.74, 6) is -1.39. The molecule has 6 nitrogen and oxygen atoms in total. The number of benzene rings is 2. The van der Waals surface area contributed by atoms with Gasteiger partial charge >= 0.3 is 5.97 Å². The van der Waals surface area contributed by atoms with Crippen LogP contribution >= 0.6 is 11.6 Å². The Morgan fingerprint density at radius 3 is 2.37 bits per heavy atom. The zero-order valence-corrected chi connectivity index (χ0v) is 15.9. The van der Waals surface area contributed by atoms with Crippen molar-refractivity contribution in [3.05, 3.63) is 58.6 Å². The Kier molecular flexibility index (Phi) is 7.37. The first kappa shape index (κ1) is 20.5. The molecule has 0 aromatic heterocycles. The lowest BCUT2D eigenvalue weighted by atomic mass is 10.2. The Labute approximate surface area is 162 Å². The quantitative estimate of drug-likeness (QED) is 0.705. The van der Waals surface area contributed by atoms with Gasteiger partial charge in [0, 0.05) is 22.8 Å². The average Bonchev–Trinajstić information content (AvgIpc) is 2.63. The standard InChI is InChI=1S/C20H21ClN2O4/c1-13-7-8-15(11-16(13)21)22-18(24)9-10-20(26)27-12-19(25)23-17-6-4-3-5-14(17)2/h3-8,11H,9-10,12H2,1-2H3,(H,22,24)(H,23,25). The number of carbonyl (C=O) groups is 3. The summed E-state index contributed by atoms with van der Waals surface area (Å²) in [6.07, 6.45) is -0.174. The highest BCUT2D eigenvalue weighted by atomic mass is 35.5. The van der Waals surface area contributed by atoms with Crippen LogP contribution < -0.4 is 10.6 Å². The first-order valence-electron chi connectivity index (χ1n) is 8.42. The minimum atomic E-state index is -0.618. The second kappa shape index (κ2) is 9.73. The summed E-state index contributed by atoms with van der Waals surface area (Å²) < 4.78 is 4.90. The fraction of sp³-hybridized carbons (Fsp3) is 0.250. The Morgan fingerprint density at radius 2 is 1.67 bits per heavy atom. The first-order valence-corrected chi connectivity index (χ1v) is 8.80. The van der Waals surface area contributed by atoms with E-state index in [1.807, 2.05) is 26.0 Å². The number of halogens is 1. The van der Waals surface area contributed by atoms with Crippen molar-refractivity contribution in [1.29, 1.82) is 0 Å². The minimum absolute atomic E-state index is 0.0518. The van der Waals surface area contributed by atoms with Gasteiger partial charge < -0.3 is 15.4 Å². The topological polar surface area (TPSA) is 84.5 Å². The number of carbonyl (C=O) groups excluding carboxylic acids is 3. The number of anilines is 2. The summed E-state index contributed by atoms with van der Waals surface area (Å²) in [5.41, 5.74) is 3.03. The number of ether oxygens (including phenoxy) is 1. The molecule has 2 rings (SSSR count). The lowest BCUT2D eigenvalue weighted by Gasteiger charge is -2.09. The van der Waals surface area contributed by atoms with Crippen LogP contribution in [0.3, 0.4) is 0 Å². The number of nitrogens with one attached hydrogen (secondary N) is 2. The van der Waals surface area contributed by atoms with E-state index in [9.17, 15) is 14.4 Å². The van der Waals surface area contributed by atoms with Crippen molar-refractivity contribution >= 4 is 40.8 Å². The molecular formula is C20H21ClN2O4. The average molecular weight is 389 g/mol. The van der Waals surface area contributed by atoms with Gasteiger partial charge in [0.25, 0.3) is 5.91 Å². The van der Waals surface area contributed by atoms with Gasteiger partial charge in [0.05, 0.1) is 6.42 Å². The lowest BCUT2D eigenvalue weighted by Crippen LogP contribution is -2.22. The third kappa shape index (κ3) is 6.75. The lowest BCUT2D eigenvalue weighted by molar-refractivity contribution is -0.147. The van der Waals surface area contributed by atoms with Gasteiger partial charge in [-0.05, 0) is 43.2 Å². The number of amides is 2.